The number of amides is 3. The van der Waals surface area contributed by atoms with E-state index in [4.69, 9.17) is 11.6 Å². The number of carbonyl (C=O) groups excluding carboxylic acids is 2. The predicted octanol–water partition coefficient (Wildman–Crippen LogP) is 0.492. The number of aromatic nitrogens is 3. The Morgan fingerprint density at radius 3 is 2.83 bits per heavy atom. The van der Waals surface area contributed by atoms with Gasteiger partial charge in [-0.05, 0) is 18.0 Å². The highest BCUT2D eigenvalue weighted by Gasteiger charge is 2.38. The summed E-state index contributed by atoms with van der Waals surface area (Å²) in [7, 11) is 0. The molecule has 3 heterocycles. The molecule has 1 saturated carbocycles. The third kappa shape index (κ3) is 2.41. The maximum atomic E-state index is 11.7. The molecule has 2 aromatic heterocycles. The summed E-state index contributed by atoms with van der Waals surface area (Å²) in [5, 5.41) is 18.5. The summed E-state index contributed by atoms with van der Waals surface area (Å²) in [6.07, 6.45) is 5.01. The van der Waals surface area contributed by atoms with Crippen molar-refractivity contribution in [2.24, 2.45) is 0 Å². The first-order valence-electron chi connectivity index (χ1n) is 7.34. The fraction of sp³-hybridized carbons (Fsp3) is 0.214. The first kappa shape index (κ1) is 14.7. The van der Waals surface area contributed by atoms with Crippen molar-refractivity contribution in [2.45, 2.75) is 18.7 Å². The molecule has 1 saturated heterocycles. The second kappa shape index (κ2) is 5.35. The summed E-state index contributed by atoms with van der Waals surface area (Å²) in [6.45, 7) is -0.303. The van der Waals surface area contributed by atoms with Gasteiger partial charge in [-0.2, -0.15) is 5.10 Å². The average molecular weight is 341 g/mol. The molecule has 0 aromatic carbocycles. The third-order valence-corrected chi connectivity index (χ3v) is 4.26. The first-order valence-corrected chi connectivity index (χ1v) is 7.72. The van der Waals surface area contributed by atoms with E-state index in [2.05, 4.69) is 26.7 Å². The van der Waals surface area contributed by atoms with Crippen LogP contribution >= 0.6 is 11.6 Å². The maximum Gasteiger partial charge on any atom is 0.326 e. The van der Waals surface area contributed by atoms with Crippen LogP contribution in [-0.2, 0) is 4.79 Å². The van der Waals surface area contributed by atoms with E-state index in [-0.39, 0.29) is 17.6 Å². The number of nitriles is 1. The Balaban J connectivity index is 1.84. The van der Waals surface area contributed by atoms with E-state index in [1.807, 2.05) is 0 Å². The summed E-state index contributed by atoms with van der Waals surface area (Å²) < 4.78 is 1.57. The van der Waals surface area contributed by atoms with Crippen molar-refractivity contribution < 1.29 is 9.59 Å². The number of carbonyl (C=O) groups is 2. The van der Waals surface area contributed by atoms with Crippen LogP contribution in [0, 0.1) is 11.2 Å². The van der Waals surface area contributed by atoms with Crippen LogP contribution in [0.4, 0.5) is 4.79 Å². The lowest BCUT2D eigenvalue weighted by Gasteiger charge is -2.07. The Morgan fingerprint density at radius 2 is 2.21 bits per heavy atom. The van der Waals surface area contributed by atoms with Crippen LogP contribution < -0.4 is 16.2 Å². The quantitative estimate of drug-likeness (QED) is 0.365. The predicted molar refractivity (Wildman–Crippen MR) is 86.6 cm³/mol. The molecule has 0 bridgehead atoms. The summed E-state index contributed by atoms with van der Waals surface area (Å²) in [5.74, 6) is 2.10. The van der Waals surface area contributed by atoms with E-state index < -0.39 is 11.9 Å². The van der Waals surface area contributed by atoms with Gasteiger partial charge in [0.1, 0.15) is 10.9 Å². The van der Waals surface area contributed by atoms with E-state index in [1.165, 1.54) is 12.3 Å². The SMILES string of the molecule is N#CB(c1cc(Cl)nc2c(/C=C3\NC(=O)NC3=O)cnn12)C1CC1. The van der Waals surface area contributed by atoms with Crippen molar-refractivity contribution in [3.63, 3.8) is 0 Å². The zero-order valence-electron chi connectivity index (χ0n) is 12.3. The fourth-order valence-electron chi connectivity index (χ4n) is 2.78. The Bertz CT molecular complexity index is 958. The van der Waals surface area contributed by atoms with E-state index in [0.29, 0.717) is 22.6 Å². The first-order chi connectivity index (χ1) is 11.6. The van der Waals surface area contributed by atoms with Crippen molar-refractivity contribution in [1.29, 1.82) is 5.26 Å². The van der Waals surface area contributed by atoms with Gasteiger partial charge >= 0.3 is 12.7 Å². The van der Waals surface area contributed by atoms with Crippen LogP contribution in [0.1, 0.15) is 18.4 Å². The van der Waals surface area contributed by atoms with Crippen molar-refractivity contribution in [2.75, 3.05) is 0 Å². The second-order valence-corrected chi connectivity index (χ2v) is 6.14. The van der Waals surface area contributed by atoms with Crippen molar-refractivity contribution in [1.82, 2.24) is 25.2 Å². The molecule has 118 valence electrons. The largest absolute Gasteiger partial charge is 0.326 e. The minimum Gasteiger partial charge on any atom is -0.303 e. The van der Waals surface area contributed by atoms with Crippen LogP contribution in [0.25, 0.3) is 11.7 Å². The molecule has 2 aliphatic rings. The average Bonchev–Trinajstić information content (AvgIpc) is 3.21. The smallest absolute Gasteiger partial charge is 0.303 e. The highest BCUT2D eigenvalue weighted by atomic mass is 35.5. The monoisotopic (exact) mass is 340 g/mol. The molecule has 0 spiro atoms. The van der Waals surface area contributed by atoms with Crippen molar-refractivity contribution in [3.05, 3.63) is 28.7 Å². The molecular formula is C14H10BClN6O2. The van der Waals surface area contributed by atoms with Gasteiger partial charge in [0.2, 0.25) is 0 Å². The molecule has 0 unspecified atom stereocenters. The fourth-order valence-corrected chi connectivity index (χ4v) is 2.97. The maximum absolute atomic E-state index is 11.7. The van der Waals surface area contributed by atoms with Gasteiger partial charge in [-0.25, -0.2) is 19.6 Å². The lowest BCUT2D eigenvalue weighted by molar-refractivity contribution is -0.115. The summed E-state index contributed by atoms with van der Waals surface area (Å²) in [6, 6.07) is 1.07. The molecule has 3 amide bonds. The molecule has 2 aromatic rings. The molecule has 1 aliphatic carbocycles. The van der Waals surface area contributed by atoms with E-state index in [9.17, 15) is 14.9 Å². The molecule has 0 radical (unpaired) electrons. The molecule has 2 N–H and O–H groups in total. The molecule has 8 nitrogen and oxygen atoms in total. The summed E-state index contributed by atoms with van der Waals surface area (Å²) >= 11 is 6.12. The minimum atomic E-state index is -0.576. The number of urea groups is 1. The molecule has 10 heteroatoms. The van der Waals surface area contributed by atoms with Gasteiger partial charge in [-0.15, -0.1) is 0 Å². The van der Waals surface area contributed by atoms with Crippen LogP contribution in [0.15, 0.2) is 18.0 Å². The van der Waals surface area contributed by atoms with E-state index in [1.54, 1.807) is 10.6 Å². The van der Waals surface area contributed by atoms with Crippen LogP contribution in [-0.4, -0.2) is 33.2 Å². The Kier molecular flexibility index (Phi) is 3.28. The van der Waals surface area contributed by atoms with Gasteiger partial charge in [0, 0.05) is 17.1 Å². The number of imide groups is 1. The van der Waals surface area contributed by atoms with Crippen molar-refractivity contribution >= 4 is 47.6 Å². The molecule has 0 atom stereocenters. The molecule has 24 heavy (non-hydrogen) atoms. The topological polar surface area (TPSA) is 112 Å². The Labute approximate surface area is 141 Å². The number of rotatable bonds is 3. The zero-order chi connectivity index (χ0) is 16.8. The molecule has 2 fully saturated rings. The third-order valence-electron chi connectivity index (χ3n) is 4.07. The van der Waals surface area contributed by atoms with Gasteiger partial charge in [-0.3, -0.25) is 10.1 Å². The van der Waals surface area contributed by atoms with E-state index in [0.717, 1.165) is 12.8 Å². The van der Waals surface area contributed by atoms with Gasteiger partial charge in [0.05, 0.1) is 6.20 Å². The standard InChI is InChI=1S/C14H10BClN6O2/c16-11-4-10(15(6-17)8-1-2-8)22-12(20-11)7(5-18-22)3-9-13(23)21-14(24)19-9/h3-5,8H,1-2H2,(H2,19,21,23,24)/b9-3-. The van der Waals surface area contributed by atoms with Crippen LogP contribution in [0.5, 0.6) is 0 Å². The second-order valence-electron chi connectivity index (χ2n) is 5.75. The summed E-state index contributed by atoms with van der Waals surface area (Å²) in [4.78, 5) is 27.1. The van der Waals surface area contributed by atoms with Crippen LogP contribution in [0.2, 0.25) is 11.0 Å². The Hall–Kier alpha value is -2.86. The lowest BCUT2D eigenvalue weighted by atomic mass is 9.44. The number of halogens is 1. The molecular weight excluding hydrogens is 330 g/mol. The summed E-state index contributed by atoms with van der Waals surface area (Å²) in [5.41, 5.74) is 1.75. The number of hydrogen-bond acceptors (Lipinski definition) is 5. The molecule has 1 aliphatic heterocycles. The highest BCUT2D eigenvalue weighted by molar-refractivity contribution is 6.81. The highest BCUT2D eigenvalue weighted by Crippen LogP contribution is 2.38. The number of hydrogen-bond donors (Lipinski definition) is 2. The van der Waals surface area contributed by atoms with Crippen molar-refractivity contribution in [3.8, 4) is 5.97 Å². The lowest BCUT2D eigenvalue weighted by Crippen LogP contribution is -2.35. The Morgan fingerprint density at radius 1 is 1.42 bits per heavy atom. The van der Waals surface area contributed by atoms with Gasteiger partial charge in [-0.1, -0.05) is 24.4 Å². The normalized spacial score (nSPS) is 18.6. The zero-order valence-corrected chi connectivity index (χ0v) is 13.0. The van der Waals surface area contributed by atoms with Crippen LogP contribution in [0.3, 0.4) is 0 Å². The minimum absolute atomic E-state index is 0.109. The number of nitrogens with one attached hydrogen (secondary N) is 2. The number of fused-ring (bicyclic) bond motifs is 1. The van der Waals surface area contributed by atoms with Gasteiger partial charge in [0.15, 0.2) is 5.65 Å². The van der Waals surface area contributed by atoms with Gasteiger partial charge in [0.25, 0.3) is 5.91 Å². The van der Waals surface area contributed by atoms with Gasteiger partial charge < -0.3 is 5.32 Å². The number of nitrogens with zero attached hydrogens (tertiary/aromatic N) is 4. The van der Waals surface area contributed by atoms with E-state index >= 15 is 0 Å². The molecule has 4 rings (SSSR count).